The van der Waals surface area contributed by atoms with Crippen LogP contribution in [0.25, 0.3) is 0 Å². The summed E-state index contributed by atoms with van der Waals surface area (Å²) < 4.78 is 23.5. The molecule has 0 spiro atoms. The van der Waals surface area contributed by atoms with Crippen molar-refractivity contribution in [3.63, 3.8) is 0 Å². The zero-order chi connectivity index (χ0) is 10.9. The molecule has 0 aromatic heterocycles. The van der Waals surface area contributed by atoms with Gasteiger partial charge in [-0.15, -0.1) is 0 Å². The predicted molar refractivity (Wildman–Crippen MR) is 64.6 cm³/mol. The third kappa shape index (κ3) is 2.59. The molecule has 1 rings (SSSR count). The molecule has 0 saturated heterocycles. The van der Waals surface area contributed by atoms with Crippen molar-refractivity contribution in [1.29, 1.82) is 5.26 Å². The van der Waals surface area contributed by atoms with Gasteiger partial charge in [0, 0.05) is 18.7 Å². The molecule has 1 aromatic carbocycles. The molecule has 3 nitrogen and oxygen atoms in total. The average Bonchev–Trinajstić information content (AvgIpc) is 2.07. The standard InChI is InChI=1S/C7H2BrClINO2S/c8-5-2-7(14(9,12)13)4(3-11)1-6(5)10/h1-2H. The maximum absolute atomic E-state index is 11.1. The molecule has 0 amide bonds. The second-order valence-corrected chi connectivity index (χ2v) is 6.86. The predicted octanol–water partition coefficient (Wildman–Crippen LogP) is 2.85. The van der Waals surface area contributed by atoms with E-state index in [-0.39, 0.29) is 10.5 Å². The van der Waals surface area contributed by atoms with Gasteiger partial charge in [-0.2, -0.15) is 5.26 Å². The van der Waals surface area contributed by atoms with Gasteiger partial charge in [0.1, 0.15) is 11.0 Å². The lowest BCUT2D eigenvalue weighted by Gasteiger charge is -2.02. The van der Waals surface area contributed by atoms with E-state index in [1.54, 1.807) is 6.07 Å². The van der Waals surface area contributed by atoms with Crippen LogP contribution in [0.2, 0.25) is 0 Å². The summed E-state index contributed by atoms with van der Waals surface area (Å²) in [6.45, 7) is 0. The molecule has 1 aromatic rings. The van der Waals surface area contributed by atoms with Gasteiger partial charge in [-0.05, 0) is 50.7 Å². The monoisotopic (exact) mass is 405 g/mol. The number of hydrogen-bond donors (Lipinski definition) is 0. The van der Waals surface area contributed by atoms with Crippen molar-refractivity contribution in [2.24, 2.45) is 0 Å². The molecule has 0 fully saturated rings. The lowest BCUT2D eigenvalue weighted by molar-refractivity contribution is 0.609. The van der Waals surface area contributed by atoms with Gasteiger partial charge in [0.05, 0.1) is 5.56 Å². The van der Waals surface area contributed by atoms with Gasteiger partial charge in [0.2, 0.25) is 0 Å². The third-order valence-electron chi connectivity index (χ3n) is 1.41. The van der Waals surface area contributed by atoms with Crippen LogP contribution in [0.5, 0.6) is 0 Å². The third-order valence-corrected chi connectivity index (χ3v) is 5.06. The van der Waals surface area contributed by atoms with Gasteiger partial charge in [0.25, 0.3) is 9.05 Å². The van der Waals surface area contributed by atoms with E-state index in [0.717, 1.165) is 3.57 Å². The molecule has 0 unspecified atom stereocenters. The summed E-state index contributed by atoms with van der Waals surface area (Å²) in [5.41, 5.74) is 0.0487. The first kappa shape index (κ1) is 12.2. The minimum absolute atomic E-state index is 0.0487. The average molecular weight is 406 g/mol. The smallest absolute Gasteiger partial charge is 0.207 e. The molecular weight excluding hydrogens is 404 g/mol. The summed E-state index contributed by atoms with van der Waals surface area (Å²) >= 11 is 5.14. The summed E-state index contributed by atoms with van der Waals surface area (Å²) in [7, 11) is 1.30. The normalized spacial score (nSPS) is 11.0. The summed E-state index contributed by atoms with van der Waals surface area (Å²) in [5.74, 6) is 0. The van der Waals surface area contributed by atoms with E-state index in [0.29, 0.717) is 4.47 Å². The topological polar surface area (TPSA) is 57.9 Å². The lowest BCUT2D eigenvalue weighted by Crippen LogP contribution is -1.96. The Morgan fingerprint density at radius 2 is 2.07 bits per heavy atom. The van der Waals surface area contributed by atoms with Crippen molar-refractivity contribution in [3.8, 4) is 6.07 Å². The van der Waals surface area contributed by atoms with E-state index in [2.05, 4.69) is 15.9 Å². The van der Waals surface area contributed by atoms with Crippen LogP contribution >= 0.6 is 49.2 Å². The van der Waals surface area contributed by atoms with Crippen molar-refractivity contribution >= 4 is 58.3 Å². The second kappa shape index (κ2) is 4.35. The first-order valence-electron chi connectivity index (χ1n) is 3.20. The van der Waals surface area contributed by atoms with Gasteiger partial charge in [0.15, 0.2) is 0 Å². The van der Waals surface area contributed by atoms with E-state index in [9.17, 15) is 8.42 Å². The number of benzene rings is 1. The molecule has 0 atom stereocenters. The molecule has 0 aliphatic heterocycles. The highest BCUT2D eigenvalue weighted by Gasteiger charge is 2.17. The van der Waals surface area contributed by atoms with E-state index in [4.69, 9.17) is 15.9 Å². The van der Waals surface area contributed by atoms with Gasteiger partial charge < -0.3 is 0 Å². The number of halogens is 3. The molecule has 0 radical (unpaired) electrons. The highest BCUT2D eigenvalue weighted by atomic mass is 127. The number of nitriles is 1. The Labute approximate surface area is 108 Å². The second-order valence-electron chi connectivity index (χ2n) is 2.31. The molecule has 0 aliphatic rings. The van der Waals surface area contributed by atoms with Crippen LogP contribution in [-0.2, 0) is 9.05 Å². The van der Waals surface area contributed by atoms with Gasteiger partial charge in [-0.1, -0.05) is 0 Å². The Bertz CT molecular complexity index is 523. The molecule has 0 bridgehead atoms. The fraction of sp³-hybridized carbons (Fsp3) is 0. The Morgan fingerprint density at radius 3 is 2.50 bits per heavy atom. The van der Waals surface area contributed by atoms with E-state index >= 15 is 0 Å². The largest absolute Gasteiger partial charge is 0.262 e. The fourth-order valence-corrected chi connectivity index (χ4v) is 2.79. The molecular formula is C7H2BrClINO2S. The Hall–Kier alpha value is 0.160. The Balaban J connectivity index is 3.61. The molecule has 0 aliphatic carbocycles. The zero-order valence-corrected chi connectivity index (χ0v) is 11.8. The van der Waals surface area contributed by atoms with Gasteiger partial charge >= 0.3 is 0 Å². The maximum Gasteiger partial charge on any atom is 0.262 e. The molecule has 0 N–H and O–H groups in total. The lowest BCUT2D eigenvalue weighted by atomic mass is 10.2. The van der Waals surface area contributed by atoms with Crippen LogP contribution < -0.4 is 0 Å². The summed E-state index contributed by atoms with van der Waals surface area (Å²) in [5, 5.41) is 8.71. The van der Waals surface area contributed by atoms with Crippen LogP contribution in [0.1, 0.15) is 5.56 Å². The summed E-state index contributed by atoms with van der Waals surface area (Å²) in [6.07, 6.45) is 0. The van der Waals surface area contributed by atoms with Crippen LogP contribution in [0.4, 0.5) is 0 Å². The minimum Gasteiger partial charge on any atom is -0.207 e. The van der Waals surface area contributed by atoms with Crippen molar-refractivity contribution in [1.82, 2.24) is 0 Å². The fourth-order valence-electron chi connectivity index (χ4n) is 0.818. The van der Waals surface area contributed by atoms with Gasteiger partial charge in [-0.3, -0.25) is 0 Å². The molecule has 7 heteroatoms. The first-order chi connectivity index (χ1) is 6.36. The van der Waals surface area contributed by atoms with Crippen molar-refractivity contribution in [3.05, 3.63) is 25.7 Å². The maximum atomic E-state index is 11.1. The summed E-state index contributed by atoms with van der Waals surface area (Å²) in [6, 6.07) is 4.56. The Kier molecular flexibility index (Phi) is 3.80. The van der Waals surface area contributed by atoms with Crippen molar-refractivity contribution < 1.29 is 8.42 Å². The highest BCUT2D eigenvalue weighted by molar-refractivity contribution is 14.1. The quantitative estimate of drug-likeness (QED) is 0.532. The number of hydrogen-bond acceptors (Lipinski definition) is 3. The van der Waals surface area contributed by atoms with Gasteiger partial charge in [-0.25, -0.2) is 8.42 Å². The van der Waals surface area contributed by atoms with E-state index in [1.165, 1.54) is 12.1 Å². The SMILES string of the molecule is N#Cc1cc(I)c(Br)cc1S(=O)(=O)Cl. The van der Waals surface area contributed by atoms with Crippen LogP contribution in [0.15, 0.2) is 21.5 Å². The highest BCUT2D eigenvalue weighted by Crippen LogP contribution is 2.28. The number of rotatable bonds is 1. The molecule has 0 heterocycles. The zero-order valence-electron chi connectivity index (χ0n) is 6.46. The first-order valence-corrected chi connectivity index (χ1v) is 7.38. The van der Waals surface area contributed by atoms with Crippen LogP contribution in [-0.4, -0.2) is 8.42 Å². The summed E-state index contributed by atoms with van der Waals surface area (Å²) in [4.78, 5) is -0.172. The van der Waals surface area contributed by atoms with Crippen molar-refractivity contribution in [2.45, 2.75) is 4.90 Å². The van der Waals surface area contributed by atoms with E-state index in [1.807, 2.05) is 22.6 Å². The minimum atomic E-state index is -3.87. The molecule has 14 heavy (non-hydrogen) atoms. The molecule has 0 saturated carbocycles. The Morgan fingerprint density at radius 1 is 1.50 bits per heavy atom. The number of nitrogens with zero attached hydrogens (tertiary/aromatic N) is 1. The van der Waals surface area contributed by atoms with Crippen LogP contribution in [0, 0.1) is 14.9 Å². The molecule has 74 valence electrons. The van der Waals surface area contributed by atoms with E-state index < -0.39 is 9.05 Å². The van der Waals surface area contributed by atoms with Crippen molar-refractivity contribution in [2.75, 3.05) is 0 Å². The van der Waals surface area contributed by atoms with Crippen LogP contribution in [0.3, 0.4) is 0 Å².